The molecule has 0 heterocycles. The summed E-state index contributed by atoms with van der Waals surface area (Å²) in [4.78, 5) is 12.2. The molecule has 0 saturated carbocycles. The topological polar surface area (TPSA) is 68.6 Å². The van der Waals surface area contributed by atoms with Crippen LogP contribution in [0.3, 0.4) is 0 Å². The van der Waals surface area contributed by atoms with E-state index in [9.17, 15) is 9.18 Å². The maximum atomic E-state index is 14.9. The zero-order valence-corrected chi connectivity index (χ0v) is 24.3. The third-order valence-electron chi connectivity index (χ3n) is 6.65. The Kier molecular flexibility index (Phi) is 11.1. The van der Waals surface area contributed by atoms with Gasteiger partial charge in [-0.3, -0.25) is 4.79 Å². The maximum Gasteiger partial charge on any atom is 0.306 e. The number of ether oxygens (including phenoxy) is 3. The highest BCUT2D eigenvalue weighted by Crippen LogP contribution is 2.35. The highest BCUT2D eigenvalue weighted by molar-refractivity contribution is 5.71. The van der Waals surface area contributed by atoms with Crippen LogP contribution in [-0.2, 0) is 22.6 Å². The predicted octanol–water partition coefficient (Wildman–Crippen LogP) is 8.40. The van der Waals surface area contributed by atoms with Crippen molar-refractivity contribution in [2.45, 2.75) is 72.3 Å². The van der Waals surface area contributed by atoms with Crippen LogP contribution in [0.15, 0.2) is 60.7 Å². The Labute approximate surface area is 237 Å². The van der Waals surface area contributed by atoms with Gasteiger partial charge in [-0.15, -0.1) is 0 Å². The number of unbranched alkanes of at least 4 members (excludes halogenated alkanes) is 1. The summed E-state index contributed by atoms with van der Waals surface area (Å²) in [5, 5.41) is 8.96. The van der Waals surface area contributed by atoms with Crippen LogP contribution in [-0.4, -0.2) is 19.7 Å². The zero-order chi connectivity index (χ0) is 29.1. The lowest BCUT2D eigenvalue weighted by molar-refractivity contribution is -0.143. The lowest BCUT2D eigenvalue weighted by Gasteiger charge is -2.22. The Bertz CT molecular complexity index is 1320. The van der Waals surface area contributed by atoms with Crippen molar-refractivity contribution in [2.24, 2.45) is 5.41 Å². The molecule has 40 heavy (non-hydrogen) atoms. The molecule has 6 heteroatoms. The van der Waals surface area contributed by atoms with Crippen molar-refractivity contribution in [1.29, 1.82) is 5.26 Å². The number of carbonyl (C=O) groups excluding carboxylic acids is 1. The first kappa shape index (κ1) is 30.7. The maximum absolute atomic E-state index is 14.9. The molecule has 0 spiro atoms. The van der Waals surface area contributed by atoms with Crippen LogP contribution in [0.4, 0.5) is 4.39 Å². The predicted molar refractivity (Wildman–Crippen MR) is 156 cm³/mol. The van der Waals surface area contributed by atoms with Gasteiger partial charge in [0.05, 0.1) is 26.2 Å². The monoisotopic (exact) mass is 545 g/mol. The molecule has 0 aliphatic carbocycles. The molecule has 3 aromatic rings. The second-order valence-corrected chi connectivity index (χ2v) is 11.2. The highest BCUT2D eigenvalue weighted by atomic mass is 19.1. The average Bonchev–Trinajstić information content (AvgIpc) is 2.91. The van der Waals surface area contributed by atoms with Crippen LogP contribution >= 0.6 is 0 Å². The van der Waals surface area contributed by atoms with E-state index in [1.807, 2.05) is 36.4 Å². The fourth-order valence-corrected chi connectivity index (χ4v) is 4.82. The molecule has 0 aliphatic heterocycles. The van der Waals surface area contributed by atoms with E-state index in [0.717, 1.165) is 41.5 Å². The van der Waals surface area contributed by atoms with Gasteiger partial charge in [-0.25, -0.2) is 4.39 Å². The van der Waals surface area contributed by atoms with Crippen molar-refractivity contribution in [3.05, 3.63) is 83.2 Å². The van der Waals surface area contributed by atoms with Crippen molar-refractivity contribution in [3.63, 3.8) is 0 Å². The zero-order valence-electron chi connectivity index (χ0n) is 24.3. The SMILES string of the molecule is CCOC(=O)CC(CCCC#N)c1cccc(COc2ccc(-c3cc(OC)ccc3F)c(CC(C)(C)C)c2)c1. The normalized spacial score (nSPS) is 11.9. The second kappa shape index (κ2) is 14.5. The number of methoxy groups -OCH3 is 1. The van der Waals surface area contributed by atoms with E-state index >= 15 is 0 Å². The Hall–Kier alpha value is -3.85. The smallest absolute Gasteiger partial charge is 0.306 e. The van der Waals surface area contributed by atoms with Gasteiger partial charge in [0, 0.05) is 12.0 Å². The van der Waals surface area contributed by atoms with Gasteiger partial charge < -0.3 is 14.2 Å². The van der Waals surface area contributed by atoms with Crippen molar-refractivity contribution >= 4 is 5.97 Å². The van der Waals surface area contributed by atoms with Crippen LogP contribution in [0.25, 0.3) is 11.1 Å². The summed E-state index contributed by atoms with van der Waals surface area (Å²) in [5.74, 6) is 0.752. The van der Waals surface area contributed by atoms with Crippen molar-refractivity contribution < 1.29 is 23.4 Å². The van der Waals surface area contributed by atoms with Gasteiger partial charge in [-0.2, -0.15) is 5.26 Å². The van der Waals surface area contributed by atoms with E-state index < -0.39 is 0 Å². The van der Waals surface area contributed by atoms with Crippen LogP contribution in [0.2, 0.25) is 0 Å². The summed E-state index contributed by atoms with van der Waals surface area (Å²) in [7, 11) is 1.57. The van der Waals surface area contributed by atoms with E-state index in [0.29, 0.717) is 36.7 Å². The van der Waals surface area contributed by atoms with Gasteiger partial charge in [0.15, 0.2) is 0 Å². The fourth-order valence-electron chi connectivity index (χ4n) is 4.82. The van der Waals surface area contributed by atoms with Crippen LogP contribution in [0.5, 0.6) is 11.5 Å². The van der Waals surface area contributed by atoms with Gasteiger partial charge in [-0.1, -0.05) is 51.1 Å². The molecule has 3 aromatic carbocycles. The number of nitriles is 1. The summed E-state index contributed by atoms with van der Waals surface area (Å²) in [6.45, 7) is 8.95. The standard InChI is InChI=1S/C34H40FNO4/c1-6-39-33(37)20-26(11-7-8-17-36)25-12-9-10-24(18-25)23-40-29-13-15-30(27(19-29)22-34(2,3)4)31-21-28(38-5)14-16-32(31)35/h9-10,12-16,18-19,21,26H,6-8,11,20,22-23H2,1-5H3. The minimum Gasteiger partial charge on any atom is -0.497 e. The molecule has 0 aromatic heterocycles. The number of halogens is 1. The largest absolute Gasteiger partial charge is 0.497 e. The second-order valence-electron chi connectivity index (χ2n) is 11.2. The van der Waals surface area contributed by atoms with Gasteiger partial charge >= 0.3 is 5.97 Å². The van der Waals surface area contributed by atoms with Gasteiger partial charge in [0.1, 0.15) is 23.9 Å². The molecule has 212 valence electrons. The number of nitrogens with zero attached hydrogens (tertiary/aromatic N) is 1. The first-order chi connectivity index (χ1) is 19.1. The average molecular weight is 546 g/mol. The number of esters is 1. The molecular formula is C34H40FNO4. The van der Waals surface area contributed by atoms with Gasteiger partial charge in [0.2, 0.25) is 0 Å². The van der Waals surface area contributed by atoms with E-state index in [2.05, 4.69) is 32.9 Å². The first-order valence-electron chi connectivity index (χ1n) is 13.8. The van der Waals surface area contributed by atoms with Crippen molar-refractivity contribution in [2.75, 3.05) is 13.7 Å². The van der Waals surface area contributed by atoms with E-state index in [-0.39, 0.29) is 29.5 Å². The van der Waals surface area contributed by atoms with Gasteiger partial charge in [-0.05, 0) is 90.1 Å². The molecule has 0 radical (unpaired) electrons. The molecule has 0 saturated heterocycles. The molecule has 1 atom stereocenters. The lowest BCUT2D eigenvalue weighted by atomic mass is 9.84. The van der Waals surface area contributed by atoms with Crippen LogP contribution in [0, 0.1) is 22.6 Å². The number of hydrogen-bond donors (Lipinski definition) is 0. The Morgan fingerprint density at radius 2 is 1.80 bits per heavy atom. The third-order valence-corrected chi connectivity index (χ3v) is 6.65. The van der Waals surface area contributed by atoms with Crippen molar-refractivity contribution in [3.8, 4) is 28.7 Å². The third kappa shape index (κ3) is 9.12. The first-order valence-corrected chi connectivity index (χ1v) is 13.8. The number of hydrogen-bond acceptors (Lipinski definition) is 5. The lowest BCUT2D eigenvalue weighted by Crippen LogP contribution is -2.11. The number of benzene rings is 3. The van der Waals surface area contributed by atoms with Crippen LogP contribution < -0.4 is 9.47 Å². The van der Waals surface area contributed by atoms with E-state index in [4.69, 9.17) is 19.5 Å². The molecule has 0 aliphatic rings. The Morgan fingerprint density at radius 1 is 1.02 bits per heavy atom. The molecule has 0 N–H and O–H groups in total. The number of rotatable bonds is 13. The van der Waals surface area contributed by atoms with E-state index in [1.54, 1.807) is 26.2 Å². The van der Waals surface area contributed by atoms with Crippen LogP contribution in [0.1, 0.15) is 76.0 Å². The summed E-state index contributed by atoms with van der Waals surface area (Å²) in [6.07, 6.45) is 2.92. The minimum absolute atomic E-state index is 0.0173. The van der Waals surface area contributed by atoms with E-state index in [1.165, 1.54) is 6.07 Å². The summed E-state index contributed by atoms with van der Waals surface area (Å²) in [6, 6.07) is 20.8. The fraction of sp³-hybridized carbons (Fsp3) is 0.412. The molecule has 5 nitrogen and oxygen atoms in total. The summed E-state index contributed by atoms with van der Waals surface area (Å²) < 4.78 is 31.6. The molecule has 0 fully saturated rings. The Morgan fingerprint density at radius 3 is 2.50 bits per heavy atom. The Balaban J connectivity index is 1.84. The summed E-state index contributed by atoms with van der Waals surface area (Å²) >= 11 is 0. The molecule has 0 bridgehead atoms. The summed E-state index contributed by atoms with van der Waals surface area (Å²) in [5.41, 5.74) is 4.31. The minimum atomic E-state index is -0.298. The molecule has 1 unspecified atom stereocenters. The quantitative estimate of drug-likeness (QED) is 0.159. The number of carbonyl (C=O) groups is 1. The molecule has 3 rings (SSSR count). The van der Waals surface area contributed by atoms with Crippen molar-refractivity contribution in [1.82, 2.24) is 0 Å². The molecular weight excluding hydrogens is 505 g/mol. The van der Waals surface area contributed by atoms with Gasteiger partial charge in [0.25, 0.3) is 0 Å². The molecule has 0 amide bonds. The highest BCUT2D eigenvalue weighted by Gasteiger charge is 2.19.